The molecule has 2 heterocycles. The lowest BCUT2D eigenvalue weighted by Gasteiger charge is -2.31. The van der Waals surface area contributed by atoms with Crippen LogP contribution >= 0.6 is 0 Å². The van der Waals surface area contributed by atoms with Crippen LogP contribution in [-0.4, -0.2) is 40.9 Å². The van der Waals surface area contributed by atoms with Crippen LogP contribution in [-0.2, 0) is 6.42 Å². The van der Waals surface area contributed by atoms with Crippen LogP contribution in [0.2, 0.25) is 0 Å². The molecule has 0 spiro atoms. The number of alkyl halides is 2. The van der Waals surface area contributed by atoms with E-state index in [2.05, 4.69) is 9.97 Å². The smallest absolute Gasteiger partial charge is 0.251 e. The molecule has 1 fully saturated rings. The molecule has 3 nitrogen and oxygen atoms in total. The van der Waals surface area contributed by atoms with Gasteiger partial charge in [0.05, 0.1) is 6.54 Å². The van der Waals surface area contributed by atoms with Crippen molar-refractivity contribution in [2.24, 2.45) is 5.92 Å². The van der Waals surface area contributed by atoms with Gasteiger partial charge < -0.3 is 0 Å². The van der Waals surface area contributed by atoms with E-state index in [1.54, 1.807) is 18.5 Å². The van der Waals surface area contributed by atoms with Gasteiger partial charge in [0.2, 0.25) is 0 Å². The summed E-state index contributed by atoms with van der Waals surface area (Å²) >= 11 is 0. The summed E-state index contributed by atoms with van der Waals surface area (Å²) in [6.07, 6.45) is 4.06. The molecule has 1 aliphatic rings. The minimum absolute atomic E-state index is 0.0887. The molecule has 1 aromatic heterocycles. The van der Waals surface area contributed by atoms with E-state index in [4.69, 9.17) is 0 Å². The van der Waals surface area contributed by atoms with Gasteiger partial charge in [0.25, 0.3) is 6.43 Å². The van der Waals surface area contributed by atoms with Crippen LogP contribution in [0.4, 0.5) is 8.78 Å². The van der Waals surface area contributed by atoms with Gasteiger partial charge >= 0.3 is 0 Å². The molecule has 0 aliphatic carbocycles. The summed E-state index contributed by atoms with van der Waals surface area (Å²) in [4.78, 5) is 10.2. The van der Waals surface area contributed by atoms with Crippen molar-refractivity contribution >= 4 is 0 Å². The molecule has 1 aliphatic heterocycles. The minimum Gasteiger partial charge on any atom is -0.298 e. The van der Waals surface area contributed by atoms with Gasteiger partial charge in [-0.05, 0) is 37.9 Å². The largest absolute Gasteiger partial charge is 0.298 e. The highest BCUT2D eigenvalue weighted by atomic mass is 19.3. The quantitative estimate of drug-likeness (QED) is 0.807. The average Bonchev–Trinajstić information content (AvgIpc) is 2.32. The van der Waals surface area contributed by atoms with E-state index in [9.17, 15) is 8.78 Å². The summed E-state index contributed by atoms with van der Waals surface area (Å²) in [5.41, 5.74) is 0. The summed E-state index contributed by atoms with van der Waals surface area (Å²) in [5.74, 6) is 1.39. The maximum Gasteiger partial charge on any atom is 0.251 e. The van der Waals surface area contributed by atoms with Crippen molar-refractivity contribution in [3.63, 3.8) is 0 Å². The van der Waals surface area contributed by atoms with Gasteiger partial charge in [-0.25, -0.2) is 18.7 Å². The molecule has 0 bridgehead atoms. The molecule has 0 radical (unpaired) electrons. The van der Waals surface area contributed by atoms with Gasteiger partial charge in [-0.3, -0.25) is 4.90 Å². The van der Waals surface area contributed by atoms with E-state index in [-0.39, 0.29) is 6.54 Å². The van der Waals surface area contributed by atoms with Crippen LogP contribution in [0.5, 0.6) is 0 Å². The molecular formula is C12H17F2N3. The number of halogens is 2. The lowest BCUT2D eigenvalue weighted by molar-refractivity contribution is 0.0688. The summed E-state index contributed by atoms with van der Waals surface area (Å²) in [6, 6.07) is 1.80. The lowest BCUT2D eigenvalue weighted by Crippen LogP contribution is -2.37. The number of aromatic nitrogens is 2. The minimum atomic E-state index is -2.22. The number of piperidine rings is 1. The standard InChI is InChI=1S/C12H17F2N3/c13-11(14)9-17-6-2-10(3-7-17)8-12-15-4-1-5-16-12/h1,4-5,10-11H,2-3,6-9H2. The second-order valence-corrected chi connectivity index (χ2v) is 4.50. The monoisotopic (exact) mass is 241 g/mol. The third-order valence-electron chi connectivity index (χ3n) is 3.19. The van der Waals surface area contributed by atoms with Crippen LogP contribution in [0.15, 0.2) is 18.5 Å². The van der Waals surface area contributed by atoms with E-state index in [1.807, 2.05) is 4.90 Å². The molecular weight excluding hydrogens is 224 g/mol. The Morgan fingerprint density at radius 2 is 1.88 bits per heavy atom. The first-order valence-electron chi connectivity index (χ1n) is 6.00. The van der Waals surface area contributed by atoms with Gasteiger partial charge in [-0.15, -0.1) is 0 Å². The van der Waals surface area contributed by atoms with Crippen molar-refractivity contribution in [1.82, 2.24) is 14.9 Å². The molecule has 0 atom stereocenters. The van der Waals surface area contributed by atoms with Gasteiger partial charge in [0.1, 0.15) is 5.82 Å². The third-order valence-corrected chi connectivity index (χ3v) is 3.19. The maximum atomic E-state index is 12.2. The normalized spacial score (nSPS) is 18.8. The molecule has 1 saturated heterocycles. The van der Waals surface area contributed by atoms with Crippen LogP contribution in [0.3, 0.4) is 0 Å². The molecule has 1 aromatic rings. The number of nitrogens with zero attached hydrogens (tertiary/aromatic N) is 3. The molecule has 94 valence electrons. The zero-order valence-corrected chi connectivity index (χ0v) is 9.73. The van der Waals surface area contributed by atoms with Gasteiger partial charge in [0.15, 0.2) is 0 Å². The van der Waals surface area contributed by atoms with Gasteiger partial charge in [0, 0.05) is 18.8 Å². The Labute approximate surface area is 99.9 Å². The molecule has 0 unspecified atom stereocenters. The first-order chi connectivity index (χ1) is 8.24. The summed E-state index contributed by atoms with van der Waals surface area (Å²) in [6.45, 7) is 1.44. The van der Waals surface area contributed by atoms with Crippen LogP contribution in [0, 0.1) is 5.92 Å². The average molecular weight is 241 g/mol. The predicted molar refractivity (Wildman–Crippen MR) is 60.9 cm³/mol. The molecule has 2 rings (SSSR count). The molecule has 17 heavy (non-hydrogen) atoms. The van der Waals surface area contributed by atoms with Crippen molar-refractivity contribution in [2.45, 2.75) is 25.7 Å². The number of likely N-dealkylation sites (tertiary alicyclic amines) is 1. The van der Waals surface area contributed by atoms with E-state index in [0.29, 0.717) is 5.92 Å². The lowest BCUT2D eigenvalue weighted by atomic mass is 9.93. The van der Waals surface area contributed by atoms with E-state index < -0.39 is 6.43 Å². The van der Waals surface area contributed by atoms with Gasteiger partial charge in [-0.2, -0.15) is 0 Å². The Bertz CT molecular complexity index is 324. The molecule has 0 saturated carbocycles. The summed E-state index contributed by atoms with van der Waals surface area (Å²) in [7, 11) is 0. The summed E-state index contributed by atoms with van der Waals surface area (Å²) in [5, 5.41) is 0. The highest BCUT2D eigenvalue weighted by Crippen LogP contribution is 2.20. The fourth-order valence-electron chi connectivity index (χ4n) is 2.26. The fraction of sp³-hybridized carbons (Fsp3) is 0.667. The second-order valence-electron chi connectivity index (χ2n) is 4.50. The van der Waals surface area contributed by atoms with Crippen molar-refractivity contribution in [1.29, 1.82) is 0 Å². The zero-order valence-electron chi connectivity index (χ0n) is 9.73. The van der Waals surface area contributed by atoms with Crippen LogP contribution < -0.4 is 0 Å². The zero-order chi connectivity index (χ0) is 12.1. The Kier molecular flexibility index (Phi) is 4.36. The molecule has 5 heteroatoms. The van der Waals surface area contributed by atoms with E-state index >= 15 is 0 Å². The molecule has 0 aromatic carbocycles. The first-order valence-corrected chi connectivity index (χ1v) is 6.00. The Morgan fingerprint density at radius 3 is 2.47 bits per heavy atom. The highest BCUT2D eigenvalue weighted by Gasteiger charge is 2.21. The van der Waals surface area contributed by atoms with E-state index in [0.717, 1.165) is 38.2 Å². The molecule has 0 N–H and O–H groups in total. The second kappa shape index (κ2) is 6.00. The third kappa shape index (κ3) is 4.00. The van der Waals surface area contributed by atoms with Gasteiger partial charge in [-0.1, -0.05) is 0 Å². The Morgan fingerprint density at radius 1 is 1.24 bits per heavy atom. The topological polar surface area (TPSA) is 29.0 Å². The van der Waals surface area contributed by atoms with Crippen LogP contribution in [0.25, 0.3) is 0 Å². The van der Waals surface area contributed by atoms with Crippen molar-refractivity contribution < 1.29 is 8.78 Å². The van der Waals surface area contributed by atoms with Crippen LogP contribution in [0.1, 0.15) is 18.7 Å². The highest BCUT2D eigenvalue weighted by molar-refractivity contribution is 4.91. The SMILES string of the molecule is FC(F)CN1CCC(Cc2ncccn2)CC1. The summed E-state index contributed by atoms with van der Waals surface area (Å²) < 4.78 is 24.4. The Balaban J connectivity index is 1.76. The van der Waals surface area contributed by atoms with E-state index in [1.165, 1.54) is 0 Å². The molecule has 0 amide bonds. The van der Waals surface area contributed by atoms with Crippen molar-refractivity contribution in [3.8, 4) is 0 Å². The van der Waals surface area contributed by atoms with Crippen molar-refractivity contribution in [3.05, 3.63) is 24.3 Å². The Hall–Kier alpha value is -1.10. The maximum absolute atomic E-state index is 12.2. The predicted octanol–water partition coefficient (Wildman–Crippen LogP) is 2.00. The van der Waals surface area contributed by atoms with Crippen molar-refractivity contribution in [2.75, 3.05) is 19.6 Å². The number of rotatable bonds is 4. The number of hydrogen-bond acceptors (Lipinski definition) is 3. The number of hydrogen-bond donors (Lipinski definition) is 0. The fourth-order valence-corrected chi connectivity index (χ4v) is 2.26. The first kappa shape index (κ1) is 12.4.